The van der Waals surface area contributed by atoms with Gasteiger partial charge >= 0.3 is 60.4 Å². The summed E-state index contributed by atoms with van der Waals surface area (Å²) in [6.45, 7) is 27.2. The van der Waals surface area contributed by atoms with E-state index in [-0.39, 0.29) is 57.2 Å². The number of hydrogen-bond donors (Lipinski definition) is 8. The Balaban J connectivity index is -0.000000403. The number of halogens is 6. The van der Waals surface area contributed by atoms with Crippen LogP contribution in [0.4, 0.5) is 45.5 Å². The van der Waals surface area contributed by atoms with Gasteiger partial charge in [0.05, 0.1) is 38.0 Å². The van der Waals surface area contributed by atoms with E-state index in [1.54, 1.807) is 6.92 Å². The minimum atomic E-state index is -4.34. The van der Waals surface area contributed by atoms with Gasteiger partial charge in [-0.1, -0.05) is 67.9 Å². The predicted molar refractivity (Wildman–Crippen MR) is 240 cm³/mol. The van der Waals surface area contributed by atoms with Crippen molar-refractivity contribution in [3.05, 3.63) is 49.6 Å². The standard InChI is InChI=1S/C11H17F3N2O3.C11H20N2O3.C10H15F3N2O3.C10H18N2O3/c1-7(2)9(17)19-5-4-15-10(18)16-6-8(3)11(12,13)14;1-8(2)7-13-11(15)12-5-6-16-10(14)9(3)4;1-3-8(16)18-5-4-14-9(17)15-6-7(2)10(11,12)13;1-4-9(13)15-6-5-11-10(14)12-7-8(2)3/h8H,1,4-6H2,2-3H3,(H2,15,16,18);8H,3,5-7H2,1-2,4H3,(H2,12,13,15);3,7H,1,4-6H2,2H3,(H2,14,15,17);4,8H,1,5-7H2,2-3H3,(H2,11,12,14). The Kier molecular flexibility index (Phi) is 39.7. The number of ether oxygens (including phenoxy) is 4. The zero-order chi connectivity index (χ0) is 53.5. The molecule has 0 aliphatic rings. The van der Waals surface area contributed by atoms with Crippen LogP contribution in [0, 0.1) is 23.7 Å². The molecular formula is C42H70F6N8O12. The predicted octanol–water partition coefficient (Wildman–Crippen LogP) is 4.55. The van der Waals surface area contributed by atoms with Crippen molar-refractivity contribution in [2.75, 3.05) is 78.8 Å². The van der Waals surface area contributed by atoms with Crippen LogP contribution in [0.3, 0.4) is 0 Å². The van der Waals surface area contributed by atoms with Crippen molar-refractivity contribution in [2.45, 2.75) is 67.7 Å². The third kappa shape index (κ3) is 47.5. The molecule has 0 aliphatic heterocycles. The number of nitrogens with one attached hydrogen (secondary N) is 8. The van der Waals surface area contributed by atoms with Crippen molar-refractivity contribution >= 4 is 48.0 Å². The summed E-state index contributed by atoms with van der Waals surface area (Å²) < 4.78 is 91.4. The molecule has 2 unspecified atom stereocenters. The average molecular weight is 993 g/mol. The first-order valence-electron chi connectivity index (χ1n) is 20.8. The second-order valence-corrected chi connectivity index (χ2v) is 14.8. The Labute approximate surface area is 393 Å². The summed E-state index contributed by atoms with van der Waals surface area (Å²) in [5.74, 6) is -4.58. The van der Waals surface area contributed by atoms with E-state index in [4.69, 9.17) is 4.74 Å². The molecule has 0 radical (unpaired) electrons. The molecular weight excluding hydrogens is 922 g/mol. The summed E-state index contributed by atoms with van der Waals surface area (Å²) >= 11 is 0. The SMILES string of the molecule is C=C(C)C(=O)OCCNC(=O)NCC(C)C.C=C(C)C(=O)OCCNC(=O)NCC(C)C(F)(F)F.C=CC(=O)OCCNC(=O)NCC(C)C.C=CC(=O)OCCNC(=O)NCC(C)C(F)(F)F. The van der Waals surface area contributed by atoms with E-state index in [0.29, 0.717) is 43.6 Å². The molecule has 0 aliphatic carbocycles. The highest BCUT2D eigenvalue weighted by atomic mass is 19.4. The van der Waals surface area contributed by atoms with Crippen LogP contribution in [0.2, 0.25) is 0 Å². The Bertz CT molecular complexity index is 1600. The van der Waals surface area contributed by atoms with Gasteiger partial charge in [0, 0.05) is 49.5 Å². The zero-order valence-electron chi connectivity index (χ0n) is 39.9. The maximum absolute atomic E-state index is 12.1. The van der Waals surface area contributed by atoms with Crippen molar-refractivity contribution in [1.29, 1.82) is 0 Å². The van der Waals surface area contributed by atoms with E-state index >= 15 is 0 Å². The van der Waals surface area contributed by atoms with Gasteiger partial charge in [0.1, 0.15) is 26.4 Å². The first kappa shape index (κ1) is 68.1. The normalized spacial score (nSPS) is 11.2. The Morgan fingerprint density at radius 1 is 0.441 bits per heavy atom. The molecule has 20 nitrogen and oxygen atoms in total. The van der Waals surface area contributed by atoms with Crippen LogP contribution in [-0.2, 0) is 38.1 Å². The highest BCUT2D eigenvalue weighted by molar-refractivity contribution is 5.87. The molecule has 0 bridgehead atoms. The van der Waals surface area contributed by atoms with Gasteiger partial charge in [-0.3, -0.25) is 0 Å². The lowest BCUT2D eigenvalue weighted by atomic mass is 10.2. The highest BCUT2D eigenvalue weighted by Gasteiger charge is 2.36. The molecule has 8 amide bonds. The summed E-state index contributed by atoms with van der Waals surface area (Å²) in [4.78, 5) is 87.4. The first-order chi connectivity index (χ1) is 31.4. The Morgan fingerprint density at radius 2 is 0.676 bits per heavy atom. The summed E-state index contributed by atoms with van der Waals surface area (Å²) in [6.07, 6.45) is -6.64. The maximum Gasteiger partial charge on any atom is 0.393 e. The third-order valence-electron chi connectivity index (χ3n) is 7.13. The molecule has 0 heterocycles. The van der Waals surface area contributed by atoms with E-state index in [1.165, 1.54) is 6.92 Å². The van der Waals surface area contributed by atoms with Gasteiger partial charge in [-0.05, 0) is 25.7 Å². The van der Waals surface area contributed by atoms with Crippen LogP contribution < -0.4 is 42.5 Å². The molecule has 68 heavy (non-hydrogen) atoms. The molecule has 0 saturated carbocycles. The number of hydrogen-bond acceptors (Lipinski definition) is 12. The molecule has 392 valence electrons. The number of carbonyl (C=O) groups is 8. The molecule has 8 N–H and O–H groups in total. The Hall–Kier alpha value is -6.50. The topological polar surface area (TPSA) is 270 Å². The maximum atomic E-state index is 12.1. The fourth-order valence-corrected chi connectivity index (χ4v) is 3.18. The second-order valence-electron chi connectivity index (χ2n) is 14.8. The van der Waals surface area contributed by atoms with E-state index in [1.807, 2.05) is 27.7 Å². The third-order valence-corrected chi connectivity index (χ3v) is 7.13. The minimum absolute atomic E-state index is 0.00521. The van der Waals surface area contributed by atoms with Crippen molar-refractivity contribution < 1.29 is 83.6 Å². The second kappa shape index (κ2) is 39.6. The molecule has 0 aromatic rings. The molecule has 0 saturated heterocycles. The van der Waals surface area contributed by atoms with Crippen LogP contribution in [0.5, 0.6) is 0 Å². The molecule has 0 rings (SSSR count). The molecule has 0 aromatic heterocycles. The zero-order valence-corrected chi connectivity index (χ0v) is 39.9. The van der Waals surface area contributed by atoms with Gasteiger partial charge in [0.2, 0.25) is 0 Å². The van der Waals surface area contributed by atoms with Crippen LogP contribution >= 0.6 is 0 Å². The number of carbonyl (C=O) groups excluding carboxylic acids is 8. The quantitative estimate of drug-likeness (QED) is 0.0218. The van der Waals surface area contributed by atoms with Crippen molar-refractivity contribution in [1.82, 2.24) is 42.5 Å². The summed E-state index contributed by atoms with van der Waals surface area (Å²) in [7, 11) is 0. The van der Waals surface area contributed by atoms with E-state index < -0.39 is 73.2 Å². The fourth-order valence-electron chi connectivity index (χ4n) is 3.18. The molecule has 0 fully saturated rings. The van der Waals surface area contributed by atoms with Crippen molar-refractivity contribution in [2.24, 2.45) is 23.7 Å². The van der Waals surface area contributed by atoms with Gasteiger partial charge in [0.25, 0.3) is 0 Å². The first-order valence-corrected chi connectivity index (χ1v) is 20.8. The average Bonchev–Trinajstić information content (AvgIpc) is 3.25. The number of rotatable bonds is 24. The molecule has 2 atom stereocenters. The van der Waals surface area contributed by atoms with Crippen molar-refractivity contribution in [3.8, 4) is 0 Å². The van der Waals surface area contributed by atoms with Gasteiger partial charge in [-0.2, -0.15) is 26.3 Å². The number of urea groups is 4. The highest BCUT2D eigenvalue weighted by Crippen LogP contribution is 2.25. The molecule has 0 spiro atoms. The Morgan fingerprint density at radius 3 is 0.882 bits per heavy atom. The number of amides is 8. The van der Waals surface area contributed by atoms with Crippen LogP contribution in [0.25, 0.3) is 0 Å². The smallest absolute Gasteiger partial charge is 0.393 e. The number of esters is 4. The van der Waals surface area contributed by atoms with Crippen LogP contribution in [0.1, 0.15) is 55.4 Å². The van der Waals surface area contributed by atoms with Crippen molar-refractivity contribution in [3.63, 3.8) is 0 Å². The minimum Gasteiger partial charge on any atom is -0.461 e. The van der Waals surface area contributed by atoms with Gasteiger partial charge in [-0.25, -0.2) is 38.4 Å². The summed E-state index contributed by atoms with van der Waals surface area (Å²) in [5.41, 5.74) is 0.577. The van der Waals surface area contributed by atoms with E-state index in [2.05, 4.69) is 83.1 Å². The van der Waals surface area contributed by atoms with Gasteiger partial charge in [-0.15, -0.1) is 0 Å². The molecule has 26 heteroatoms. The lowest BCUT2D eigenvalue weighted by Crippen LogP contribution is -2.41. The fraction of sp³-hybridized carbons (Fsp3) is 0.619. The lowest BCUT2D eigenvalue weighted by molar-refractivity contribution is -0.168. The summed E-state index contributed by atoms with van der Waals surface area (Å²) in [5, 5.41) is 19.1. The largest absolute Gasteiger partial charge is 0.461 e. The van der Waals surface area contributed by atoms with E-state index in [0.717, 1.165) is 26.0 Å². The summed E-state index contributed by atoms with van der Waals surface area (Å²) in [6, 6.07) is -2.00. The number of alkyl halides is 6. The van der Waals surface area contributed by atoms with Gasteiger partial charge in [0.15, 0.2) is 0 Å². The molecule has 0 aromatic carbocycles. The van der Waals surface area contributed by atoms with E-state index in [9.17, 15) is 64.7 Å². The van der Waals surface area contributed by atoms with Crippen LogP contribution in [-0.4, -0.2) is 139 Å². The lowest BCUT2D eigenvalue weighted by Gasteiger charge is -2.16. The monoisotopic (exact) mass is 993 g/mol. The van der Waals surface area contributed by atoms with Crippen LogP contribution in [0.15, 0.2) is 49.6 Å². The van der Waals surface area contributed by atoms with Gasteiger partial charge < -0.3 is 61.5 Å².